The van der Waals surface area contributed by atoms with Crippen molar-refractivity contribution in [2.45, 2.75) is 16.7 Å². The molecule has 0 aliphatic rings. The van der Waals surface area contributed by atoms with E-state index < -0.39 is 10.9 Å². The minimum absolute atomic E-state index is 0.0260. The number of ether oxygens (including phenoxy) is 1. The van der Waals surface area contributed by atoms with E-state index in [2.05, 4.69) is 10.2 Å². The normalized spacial score (nSPS) is 10.6. The van der Waals surface area contributed by atoms with Gasteiger partial charge in [0, 0.05) is 23.7 Å². The number of aryl methyl sites for hydroxylation is 1. The van der Waals surface area contributed by atoms with Gasteiger partial charge in [0.15, 0.2) is 5.16 Å². The number of esters is 1. The highest BCUT2D eigenvalue weighted by Crippen LogP contribution is 2.34. The first kappa shape index (κ1) is 18.9. The summed E-state index contributed by atoms with van der Waals surface area (Å²) < 4.78 is 6.85. The van der Waals surface area contributed by atoms with E-state index in [0.717, 1.165) is 11.8 Å². The average Bonchev–Trinajstić information content (AvgIpc) is 3.05. The first-order chi connectivity index (χ1) is 13.0. The highest BCUT2D eigenvalue weighted by atomic mass is 35.5. The van der Waals surface area contributed by atoms with E-state index in [1.165, 1.54) is 24.5 Å². The number of rotatable bonds is 6. The van der Waals surface area contributed by atoms with Crippen LogP contribution in [0.1, 0.15) is 15.9 Å². The molecule has 10 heteroatoms. The monoisotopic (exact) mass is 404 g/mol. The molecular formula is C17H13ClN4O4S. The molecule has 3 aromatic rings. The van der Waals surface area contributed by atoms with Crippen molar-refractivity contribution in [3.05, 3.63) is 75.1 Å². The van der Waals surface area contributed by atoms with E-state index in [1.807, 2.05) is 0 Å². The molecule has 0 radical (unpaired) electrons. The molecule has 0 N–H and O–H groups in total. The smallest absolute Gasteiger partial charge is 0.338 e. The highest BCUT2D eigenvalue weighted by molar-refractivity contribution is 7.99. The molecule has 1 heterocycles. The van der Waals surface area contributed by atoms with Crippen molar-refractivity contribution in [2.24, 2.45) is 7.05 Å². The molecule has 0 saturated carbocycles. The number of hydrogen-bond donors (Lipinski definition) is 0. The molecule has 3 rings (SSSR count). The number of aromatic nitrogens is 3. The lowest BCUT2D eigenvalue weighted by Gasteiger charge is -2.08. The maximum absolute atomic E-state index is 12.3. The summed E-state index contributed by atoms with van der Waals surface area (Å²) in [4.78, 5) is 23.5. The molecule has 0 saturated heterocycles. The Morgan fingerprint density at radius 1 is 1.33 bits per heavy atom. The number of halogens is 1. The quantitative estimate of drug-likeness (QED) is 0.349. The second-order valence-electron chi connectivity index (χ2n) is 5.43. The van der Waals surface area contributed by atoms with Gasteiger partial charge in [-0.25, -0.2) is 4.79 Å². The van der Waals surface area contributed by atoms with Crippen LogP contribution in [0.5, 0.6) is 0 Å². The SMILES string of the molecule is Cn1cnnc1Sc1ccc(C(=O)OCc2ccccc2Cl)cc1[N+](=O)[O-]. The van der Waals surface area contributed by atoms with Crippen LogP contribution in [0, 0.1) is 10.1 Å². The zero-order chi connectivity index (χ0) is 19.4. The van der Waals surface area contributed by atoms with Crippen molar-refractivity contribution in [1.82, 2.24) is 14.8 Å². The second kappa shape index (κ2) is 8.19. The first-order valence-electron chi connectivity index (χ1n) is 7.66. The number of nitro benzene ring substituents is 1. The van der Waals surface area contributed by atoms with E-state index >= 15 is 0 Å². The lowest BCUT2D eigenvalue weighted by atomic mass is 10.2. The minimum atomic E-state index is -0.673. The minimum Gasteiger partial charge on any atom is -0.457 e. The molecule has 0 aliphatic carbocycles. The lowest BCUT2D eigenvalue weighted by Crippen LogP contribution is -2.06. The van der Waals surface area contributed by atoms with E-state index in [-0.39, 0.29) is 17.9 Å². The van der Waals surface area contributed by atoms with E-state index in [0.29, 0.717) is 20.6 Å². The molecule has 0 spiro atoms. The fourth-order valence-corrected chi connectivity index (χ4v) is 3.22. The molecule has 1 aromatic heterocycles. The molecular weight excluding hydrogens is 392 g/mol. The van der Waals surface area contributed by atoms with Gasteiger partial charge in [-0.05, 0) is 30.0 Å². The van der Waals surface area contributed by atoms with Crippen LogP contribution in [0.2, 0.25) is 5.02 Å². The van der Waals surface area contributed by atoms with Crippen LogP contribution in [0.4, 0.5) is 5.69 Å². The standard InChI is InChI=1S/C17H13ClN4O4S/c1-21-10-19-20-17(21)27-15-7-6-11(8-14(15)22(24)25)16(23)26-9-12-4-2-3-5-13(12)18/h2-8,10H,9H2,1H3. The van der Waals surface area contributed by atoms with Crippen LogP contribution in [0.25, 0.3) is 0 Å². The fraction of sp³-hybridized carbons (Fsp3) is 0.118. The van der Waals surface area contributed by atoms with E-state index in [9.17, 15) is 14.9 Å². The van der Waals surface area contributed by atoms with Gasteiger partial charge in [0.25, 0.3) is 5.69 Å². The Kier molecular flexibility index (Phi) is 5.72. The number of nitro groups is 1. The van der Waals surface area contributed by atoms with Gasteiger partial charge in [-0.3, -0.25) is 10.1 Å². The van der Waals surface area contributed by atoms with Crippen LogP contribution in [0.15, 0.2) is 58.8 Å². The zero-order valence-electron chi connectivity index (χ0n) is 14.0. The van der Waals surface area contributed by atoms with E-state index in [1.54, 1.807) is 35.9 Å². The lowest BCUT2D eigenvalue weighted by molar-refractivity contribution is -0.387. The fourth-order valence-electron chi connectivity index (χ4n) is 2.18. The number of hydrogen-bond acceptors (Lipinski definition) is 7. The van der Waals surface area contributed by atoms with Gasteiger partial charge in [0.1, 0.15) is 12.9 Å². The van der Waals surface area contributed by atoms with Crippen LogP contribution >= 0.6 is 23.4 Å². The summed E-state index contributed by atoms with van der Waals surface area (Å²) in [5.41, 5.74) is 0.516. The third-order valence-electron chi connectivity index (χ3n) is 3.58. The average molecular weight is 405 g/mol. The molecule has 0 unspecified atom stereocenters. The van der Waals surface area contributed by atoms with Gasteiger partial charge >= 0.3 is 5.97 Å². The number of carbonyl (C=O) groups is 1. The Morgan fingerprint density at radius 3 is 2.78 bits per heavy atom. The summed E-state index contributed by atoms with van der Waals surface area (Å²) in [6.45, 7) is -0.0260. The Hall–Kier alpha value is -2.91. The van der Waals surface area contributed by atoms with Gasteiger partial charge < -0.3 is 9.30 Å². The van der Waals surface area contributed by atoms with Crippen molar-refractivity contribution in [3.63, 3.8) is 0 Å². The van der Waals surface area contributed by atoms with Gasteiger partial charge in [-0.2, -0.15) is 0 Å². The first-order valence-corrected chi connectivity index (χ1v) is 8.86. The Labute approximate surface area is 163 Å². The number of carbonyl (C=O) groups excluding carboxylic acids is 1. The summed E-state index contributed by atoms with van der Waals surface area (Å²) in [6.07, 6.45) is 1.49. The summed E-state index contributed by atoms with van der Waals surface area (Å²) in [7, 11) is 1.73. The Bertz CT molecular complexity index is 1010. The number of benzene rings is 2. The van der Waals surface area contributed by atoms with Crippen LogP contribution < -0.4 is 0 Å². The zero-order valence-corrected chi connectivity index (χ0v) is 15.6. The van der Waals surface area contributed by atoms with E-state index in [4.69, 9.17) is 16.3 Å². The molecule has 27 heavy (non-hydrogen) atoms. The third-order valence-corrected chi connectivity index (χ3v) is 5.07. The molecule has 2 aromatic carbocycles. The summed E-state index contributed by atoms with van der Waals surface area (Å²) in [5, 5.41) is 20.0. The molecule has 138 valence electrons. The predicted molar refractivity (Wildman–Crippen MR) is 98.8 cm³/mol. The van der Waals surface area contributed by atoms with Crippen LogP contribution in [-0.4, -0.2) is 25.7 Å². The molecule has 0 atom stereocenters. The van der Waals surface area contributed by atoms with Crippen molar-refractivity contribution in [2.75, 3.05) is 0 Å². The van der Waals surface area contributed by atoms with Gasteiger partial charge in [0.05, 0.1) is 15.4 Å². The maximum Gasteiger partial charge on any atom is 0.338 e. The summed E-state index contributed by atoms with van der Waals surface area (Å²) >= 11 is 7.11. The molecule has 8 nitrogen and oxygen atoms in total. The Balaban J connectivity index is 1.79. The molecule has 0 bridgehead atoms. The topological polar surface area (TPSA) is 100 Å². The van der Waals surface area contributed by atoms with Crippen molar-refractivity contribution in [1.29, 1.82) is 0 Å². The van der Waals surface area contributed by atoms with Crippen molar-refractivity contribution >= 4 is 35.0 Å². The Morgan fingerprint density at radius 2 is 2.11 bits per heavy atom. The molecule has 0 fully saturated rings. The van der Waals surface area contributed by atoms with Crippen LogP contribution in [0.3, 0.4) is 0 Å². The highest BCUT2D eigenvalue weighted by Gasteiger charge is 2.20. The molecule has 0 aliphatic heterocycles. The maximum atomic E-state index is 12.3. The number of nitrogens with zero attached hydrogens (tertiary/aromatic N) is 4. The second-order valence-corrected chi connectivity index (χ2v) is 6.85. The third kappa shape index (κ3) is 4.44. The largest absolute Gasteiger partial charge is 0.457 e. The van der Waals surface area contributed by atoms with Gasteiger partial charge in [0.2, 0.25) is 0 Å². The summed E-state index contributed by atoms with van der Waals surface area (Å²) in [5.74, 6) is -0.673. The van der Waals surface area contributed by atoms with Gasteiger partial charge in [-0.15, -0.1) is 10.2 Å². The molecule has 0 amide bonds. The van der Waals surface area contributed by atoms with Crippen molar-refractivity contribution in [3.8, 4) is 0 Å². The predicted octanol–water partition coefficient (Wildman–Crippen LogP) is 3.88. The van der Waals surface area contributed by atoms with Crippen molar-refractivity contribution < 1.29 is 14.5 Å². The van der Waals surface area contributed by atoms with Gasteiger partial charge in [-0.1, -0.05) is 29.8 Å². The summed E-state index contributed by atoms with van der Waals surface area (Å²) in [6, 6.07) is 11.1. The van der Waals surface area contributed by atoms with Crippen LogP contribution in [-0.2, 0) is 18.4 Å².